The summed E-state index contributed by atoms with van der Waals surface area (Å²) in [5.74, 6) is -0.318. The van der Waals surface area contributed by atoms with E-state index in [0.717, 1.165) is 6.20 Å². The van der Waals surface area contributed by atoms with Crippen molar-refractivity contribution in [3.63, 3.8) is 0 Å². The van der Waals surface area contributed by atoms with Crippen LogP contribution in [-0.2, 0) is 0 Å². The largest absolute Gasteiger partial charge is 0.384 e. The molecule has 1 aromatic heterocycles. The topological polar surface area (TPSA) is 102 Å². The lowest BCUT2D eigenvalue weighted by atomic mass is 10.2. The predicted molar refractivity (Wildman–Crippen MR) is 62.6 cm³/mol. The first-order chi connectivity index (χ1) is 8.01. The molecule has 0 spiro atoms. The van der Waals surface area contributed by atoms with Gasteiger partial charge in [0.25, 0.3) is 11.6 Å². The van der Waals surface area contributed by atoms with E-state index in [1.807, 2.05) is 0 Å². The van der Waals surface area contributed by atoms with E-state index < -0.39 is 10.8 Å². The second-order valence-corrected chi connectivity index (χ2v) is 3.36. The number of carbonyl (C=O) groups is 1. The minimum absolute atomic E-state index is 0.0220. The molecule has 17 heavy (non-hydrogen) atoms. The minimum Gasteiger partial charge on any atom is -0.384 e. The van der Waals surface area contributed by atoms with Crippen molar-refractivity contribution in [3.8, 4) is 0 Å². The third-order valence-electron chi connectivity index (χ3n) is 2.38. The molecule has 7 heteroatoms. The van der Waals surface area contributed by atoms with Crippen molar-refractivity contribution < 1.29 is 9.72 Å². The molecule has 0 bridgehead atoms. The smallest absolute Gasteiger partial charge is 0.300 e. The number of amides is 1. The maximum atomic E-state index is 12.0. The van der Waals surface area contributed by atoms with Gasteiger partial charge >= 0.3 is 0 Å². The number of nitrogens with two attached hydrogens (primary N) is 1. The number of carbonyl (C=O) groups excluding carboxylic acids is 1. The van der Waals surface area contributed by atoms with Gasteiger partial charge in [-0.15, -0.1) is 0 Å². The number of nitro groups is 1. The van der Waals surface area contributed by atoms with Gasteiger partial charge in [0.05, 0.1) is 4.92 Å². The summed E-state index contributed by atoms with van der Waals surface area (Å²) in [6.45, 7) is 4.57. The van der Waals surface area contributed by atoms with E-state index in [-0.39, 0.29) is 17.1 Å². The Morgan fingerprint density at radius 1 is 1.53 bits per heavy atom. The molecule has 0 aliphatic rings. The van der Waals surface area contributed by atoms with Crippen molar-refractivity contribution >= 4 is 17.4 Å². The molecule has 0 aliphatic carbocycles. The number of aromatic nitrogens is 1. The number of rotatable bonds is 4. The fourth-order valence-electron chi connectivity index (χ4n) is 1.46. The Kier molecular flexibility index (Phi) is 3.97. The molecular formula is C10H14N4O3. The third kappa shape index (κ3) is 2.68. The van der Waals surface area contributed by atoms with E-state index in [1.54, 1.807) is 13.8 Å². The quantitative estimate of drug-likeness (QED) is 0.624. The highest BCUT2D eigenvalue weighted by molar-refractivity contribution is 5.98. The van der Waals surface area contributed by atoms with Crippen LogP contribution in [0.3, 0.4) is 0 Å². The van der Waals surface area contributed by atoms with Crippen molar-refractivity contribution in [2.24, 2.45) is 0 Å². The van der Waals surface area contributed by atoms with Gasteiger partial charge in [0, 0.05) is 13.1 Å². The summed E-state index contributed by atoms with van der Waals surface area (Å²) in [6, 6.07) is 1.23. The normalized spacial score (nSPS) is 10.0. The summed E-state index contributed by atoms with van der Waals surface area (Å²) in [5, 5.41) is 10.8. The Morgan fingerprint density at radius 2 is 2.12 bits per heavy atom. The molecule has 1 amide bonds. The highest BCUT2D eigenvalue weighted by Gasteiger charge is 2.24. The Bertz CT molecular complexity index is 443. The number of hydrogen-bond acceptors (Lipinski definition) is 5. The predicted octanol–water partition coefficient (Wildman–Crippen LogP) is 1.05. The average molecular weight is 238 g/mol. The van der Waals surface area contributed by atoms with Crippen LogP contribution in [0.15, 0.2) is 12.3 Å². The van der Waals surface area contributed by atoms with Gasteiger partial charge in [-0.3, -0.25) is 14.9 Å². The lowest BCUT2D eigenvalue weighted by Gasteiger charge is -2.18. The van der Waals surface area contributed by atoms with Crippen LogP contribution in [-0.4, -0.2) is 33.8 Å². The highest BCUT2D eigenvalue weighted by atomic mass is 16.6. The van der Waals surface area contributed by atoms with E-state index in [2.05, 4.69) is 4.98 Å². The zero-order chi connectivity index (χ0) is 13.0. The summed E-state index contributed by atoms with van der Waals surface area (Å²) in [4.78, 5) is 27.3. The molecule has 0 fully saturated rings. The zero-order valence-corrected chi connectivity index (χ0v) is 9.71. The first kappa shape index (κ1) is 12.9. The molecule has 0 atom stereocenters. The van der Waals surface area contributed by atoms with E-state index in [1.165, 1.54) is 11.0 Å². The Labute approximate surface area is 98.4 Å². The van der Waals surface area contributed by atoms with Gasteiger partial charge in [-0.2, -0.15) is 0 Å². The Morgan fingerprint density at radius 3 is 2.59 bits per heavy atom. The highest BCUT2D eigenvalue weighted by Crippen LogP contribution is 2.20. The number of hydrogen-bond donors (Lipinski definition) is 1. The Balaban J connectivity index is 3.23. The fraction of sp³-hybridized carbons (Fsp3) is 0.400. The monoisotopic (exact) mass is 238 g/mol. The molecule has 1 rings (SSSR count). The van der Waals surface area contributed by atoms with Gasteiger partial charge in [-0.05, 0) is 19.9 Å². The van der Waals surface area contributed by atoms with Crippen molar-refractivity contribution in [3.05, 3.63) is 27.9 Å². The van der Waals surface area contributed by atoms with Crippen LogP contribution in [0.25, 0.3) is 0 Å². The Hall–Kier alpha value is -2.18. The summed E-state index contributed by atoms with van der Waals surface area (Å²) in [6.07, 6.45) is 1.01. The number of nitrogens with zero attached hydrogens (tertiary/aromatic N) is 3. The van der Waals surface area contributed by atoms with Gasteiger partial charge in [0.2, 0.25) is 0 Å². The number of anilines is 1. The van der Waals surface area contributed by atoms with Gasteiger partial charge in [0.1, 0.15) is 17.6 Å². The van der Waals surface area contributed by atoms with Crippen molar-refractivity contribution in [2.45, 2.75) is 13.8 Å². The molecule has 1 heterocycles. The van der Waals surface area contributed by atoms with E-state index in [4.69, 9.17) is 5.73 Å². The van der Waals surface area contributed by atoms with Crippen LogP contribution in [0.5, 0.6) is 0 Å². The van der Waals surface area contributed by atoms with Gasteiger partial charge in [0.15, 0.2) is 0 Å². The zero-order valence-electron chi connectivity index (χ0n) is 9.71. The van der Waals surface area contributed by atoms with Gasteiger partial charge < -0.3 is 10.6 Å². The standard InChI is InChI=1S/C10H14N4O3/c1-3-13(4-2)10(15)7-5-9(11)12-6-8(7)14(16)17/h5-6H,3-4H2,1-2H3,(H2,11,12). The molecule has 0 radical (unpaired) electrons. The molecule has 0 aliphatic heterocycles. The second kappa shape index (κ2) is 5.24. The molecule has 92 valence electrons. The first-order valence-electron chi connectivity index (χ1n) is 5.20. The molecule has 1 aromatic rings. The molecule has 0 saturated carbocycles. The van der Waals surface area contributed by atoms with E-state index in [9.17, 15) is 14.9 Å². The molecule has 0 saturated heterocycles. The van der Waals surface area contributed by atoms with Crippen LogP contribution in [0.4, 0.5) is 11.5 Å². The maximum Gasteiger partial charge on any atom is 0.300 e. The third-order valence-corrected chi connectivity index (χ3v) is 2.38. The van der Waals surface area contributed by atoms with Gasteiger partial charge in [-0.1, -0.05) is 0 Å². The maximum absolute atomic E-state index is 12.0. The van der Waals surface area contributed by atoms with Crippen LogP contribution < -0.4 is 5.73 Å². The van der Waals surface area contributed by atoms with Crippen LogP contribution in [0.2, 0.25) is 0 Å². The molecular weight excluding hydrogens is 224 g/mol. The summed E-state index contributed by atoms with van der Waals surface area (Å²) in [7, 11) is 0. The molecule has 0 aromatic carbocycles. The SMILES string of the molecule is CCN(CC)C(=O)c1cc(N)ncc1[N+](=O)[O-]. The van der Waals surface area contributed by atoms with E-state index in [0.29, 0.717) is 13.1 Å². The van der Waals surface area contributed by atoms with E-state index >= 15 is 0 Å². The summed E-state index contributed by atoms with van der Waals surface area (Å²) >= 11 is 0. The summed E-state index contributed by atoms with van der Waals surface area (Å²) < 4.78 is 0. The van der Waals surface area contributed by atoms with Crippen molar-refractivity contribution in [1.29, 1.82) is 0 Å². The summed E-state index contributed by atoms with van der Waals surface area (Å²) in [5.41, 5.74) is 5.10. The van der Waals surface area contributed by atoms with Crippen LogP contribution in [0, 0.1) is 10.1 Å². The van der Waals surface area contributed by atoms with Crippen molar-refractivity contribution in [1.82, 2.24) is 9.88 Å². The lowest BCUT2D eigenvalue weighted by Crippen LogP contribution is -2.31. The first-order valence-corrected chi connectivity index (χ1v) is 5.20. The van der Waals surface area contributed by atoms with Crippen molar-refractivity contribution in [2.75, 3.05) is 18.8 Å². The molecule has 7 nitrogen and oxygen atoms in total. The average Bonchev–Trinajstić information content (AvgIpc) is 2.29. The number of pyridine rings is 1. The van der Waals surface area contributed by atoms with Crippen LogP contribution >= 0.6 is 0 Å². The van der Waals surface area contributed by atoms with Gasteiger partial charge in [-0.25, -0.2) is 4.98 Å². The number of nitrogen functional groups attached to an aromatic ring is 1. The lowest BCUT2D eigenvalue weighted by molar-refractivity contribution is -0.385. The van der Waals surface area contributed by atoms with Crippen LogP contribution in [0.1, 0.15) is 24.2 Å². The minimum atomic E-state index is -0.636. The molecule has 2 N–H and O–H groups in total. The fourth-order valence-corrected chi connectivity index (χ4v) is 1.46. The second-order valence-electron chi connectivity index (χ2n) is 3.36. The molecule has 0 unspecified atom stereocenters.